The molecule has 0 aromatic carbocycles. The molecule has 2 rings (SSSR count). The van der Waals surface area contributed by atoms with E-state index in [4.69, 9.17) is 14.6 Å². The molecule has 0 radical (unpaired) electrons. The summed E-state index contributed by atoms with van der Waals surface area (Å²) in [6.07, 6.45) is -1.88. The summed E-state index contributed by atoms with van der Waals surface area (Å²) < 4.78 is 10.7. The summed E-state index contributed by atoms with van der Waals surface area (Å²) in [4.78, 5) is 44.4. The van der Waals surface area contributed by atoms with Crippen LogP contribution >= 0.6 is 0 Å². The zero-order valence-corrected chi connectivity index (χ0v) is 17.0. The molecule has 0 atom stereocenters. The minimum Gasteiger partial charge on any atom is -0.477 e. The highest BCUT2D eigenvalue weighted by atomic mass is 16.6. The predicted octanol–water partition coefficient (Wildman–Crippen LogP) is 4.25. The number of aryl methyl sites for hydroxylation is 1. The van der Waals surface area contributed by atoms with Gasteiger partial charge in [0.2, 0.25) is 0 Å². The van der Waals surface area contributed by atoms with Crippen molar-refractivity contribution in [1.82, 2.24) is 9.97 Å². The van der Waals surface area contributed by atoms with Gasteiger partial charge in [-0.25, -0.2) is 19.4 Å². The molecule has 0 unspecified atom stereocenters. The quantitative estimate of drug-likeness (QED) is 0.785. The Morgan fingerprint density at radius 3 is 1.93 bits per heavy atom. The summed E-state index contributed by atoms with van der Waals surface area (Å²) in [5.74, 6) is -1.14. The number of hydrogen-bond donors (Lipinski definition) is 2. The molecule has 0 bridgehead atoms. The Hall–Kier alpha value is -3.10. The van der Waals surface area contributed by atoms with Gasteiger partial charge in [0.05, 0.1) is 11.0 Å². The first-order valence-corrected chi connectivity index (χ1v) is 8.68. The summed E-state index contributed by atoms with van der Waals surface area (Å²) in [7, 11) is 0. The van der Waals surface area contributed by atoms with E-state index in [1.54, 1.807) is 54.5 Å². The molecule has 0 fully saturated rings. The van der Waals surface area contributed by atoms with Gasteiger partial charge in [-0.15, -0.1) is 0 Å². The first-order valence-electron chi connectivity index (χ1n) is 8.68. The lowest BCUT2D eigenvalue weighted by atomic mass is 10.2. The minimum atomic E-state index is -1.15. The summed E-state index contributed by atoms with van der Waals surface area (Å²) in [6.45, 7) is 11.7. The first-order chi connectivity index (χ1) is 12.7. The fourth-order valence-electron chi connectivity index (χ4n) is 2.35. The van der Waals surface area contributed by atoms with Crippen LogP contribution in [0.15, 0.2) is 12.1 Å². The Balaban J connectivity index is 2.58. The number of nitrogens with zero attached hydrogens (tertiary/aromatic N) is 2. The van der Waals surface area contributed by atoms with Crippen molar-refractivity contribution in [2.45, 2.75) is 59.7 Å². The van der Waals surface area contributed by atoms with Crippen molar-refractivity contribution in [1.29, 1.82) is 0 Å². The summed E-state index contributed by atoms with van der Waals surface area (Å²) in [5, 5.41) is 9.15. The molecule has 0 aliphatic heterocycles. The fraction of sp³-hybridized carbons (Fsp3) is 0.474. The number of pyridine rings is 1. The molecule has 0 saturated heterocycles. The number of fused-ring (bicyclic) bond motifs is 1. The molecule has 0 saturated carbocycles. The van der Waals surface area contributed by atoms with Gasteiger partial charge in [-0.2, -0.15) is 4.90 Å². The van der Waals surface area contributed by atoms with Crippen LogP contribution in [0.3, 0.4) is 0 Å². The van der Waals surface area contributed by atoms with Crippen LogP contribution in [-0.2, 0) is 9.47 Å². The van der Waals surface area contributed by atoms with Crippen molar-refractivity contribution in [3.8, 4) is 0 Å². The Morgan fingerprint density at radius 2 is 1.50 bits per heavy atom. The fourth-order valence-corrected chi connectivity index (χ4v) is 2.35. The van der Waals surface area contributed by atoms with Crippen LogP contribution in [-0.4, -0.2) is 44.4 Å². The Morgan fingerprint density at radius 1 is 1.00 bits per heavy atom. The summed E-state index contributed by atoms with van der Waals surface area (Å²) >= 11 is 0. The third-order valence-corrected chi connectivity index (χ3v) is 3.36. The molecule has 2 aromatic rings. The number of anilines is 1. The molecule has 9 heteroatoms. The van der Waals surface area contributed by atoms with E-state index in [9.17, 15) is 14.4 Å². The Kier molecular flexibility index (Phi) is 5.41. The number of aromatic nitrogens is 2. The molecule has 0 aliphatic carbocycles. The maximum atomic E-state index is 12.7. The number of carbonyl (C=O) groups excluding carboxylic acids is 2. The molecule has 152 valence electrons. The monoisotopic (exact) mass is 391 g/mol. The largest absolute Gasteiger partial charge is 0.477 e. The number of hydrogen-bond acceptors (Lipinski definition) is 6. The third-order valence-electron chi connectivity index (χ3n) is 3.36. The molecule has 2 aromatic heterocycles. The second-order valence-electron chi connectivity index (χ2n) is 8.35. The van der Waals surface area contributed by atoms with Gasteiger partial charge in [0, 0.05) is 0 Å². The average Bonchev–Trinajstić information content (AvgIpc) is 2.86. The third kappa shape index (κ3) is 4.99. The van der Waals surface area contributed by atoms with Crippen LogP contribution in [0.25, 0.3) is 11.0 Å². The molecular weight excluding hydrogens is 366 g/mol. The number of rotatable bonds is 2. The predicted molar refractivity (Wildman–Crippen MR) is 103 cm³/mol. The van der Waals surface area contributed by atoms with E-state index in [1.165, 1.54) is 6.07 Å². The molecule has 2 N–H and O–H groups in total. The molecule has 0 aliphatic rings. The van der Waals surface area contributed by atoms with Gasteiger partial charge in [0.25, 0.3) is 0 Å². The first kappa shape index (κ1) is 21.2. The number of carboxylic acid groups (broad SMARTS) is 1. The number of H-pyrrole nitrogens is 1. The smallest absolute Gasteiger partial charge is 0.425 e. The molecule has 0 spiro atoms. The van der Waals surface area contributed by atoms with Crippen molar-refractivity contribution in [3.05, 3.63) is 23.4 Å². The van der Waals surface area contributed by atoms with Crippen molar-refractivity contribution >= 4 is 35.0 Å². The van der Waals surface area contributed by atoms with Gasteiger partial charge in [-0.05, 0) is 66.2 Å². The van der Waals surface area contributed by atoms with Gasteiger partial charge < -0.3 is 19.6 Å². The van der Waals surface area contributed by atoms with E-state index >= 15 is 0 Å². The SMILES string of the molecule is Cc1cc2[nH]c(C(=O)O)cc2nc1N(C(=O)OC(C)(C)C)C(=O)OC(C)(C)C. The second-order valence-corrected chi connectivity index (χ2v) is 8.35. The lowest BCUT2D eigenvalue weighted by Crippen LogP contribution is -2.44. The van der Waals surface area contributed by atoms with Crippen LogP contribution in [0.5, 0.6) is 0 Å². The summed E-state index contributed by atoms with van der Waals surface area (Å²) in [5.41, 5.74) is -0.537. The maximum absolute atomic E-state index is 12.7. The van der Waals surface area contributed by atoms with E-state index < -0.39 is 29.4 Å². The highest BCUT2D eigenvalue weighted by Gasteiger charge is 2.34. The van der Waals surface area contributed by atoms with Crippen LogP contribution in [0, 0.1) is 6.92 Å². The number of amides is 2. The molecule has 28 heavy (non-hydrogen) atoms. The maximum Gasteiger partial charge on any atom is 0.425 e. The van der Waals surface area contributed by atoms with Crippen LogP contribution in [0.1, 0.15) is 57.6 Å². The van der Waals surface area contributed by atoms with Crippen molar-refractivity contribution < 1.29 is 29.0 Å². The zero-order valence-electron chi connectivity index (χ0n) is 17.0. The van der Waals surface area contributed by atoms with Gasteiger partial charge >= 0.3 is 18.2 Å². The summed E-state index contributed by atoms with van der Waals surface area (Å²) in [6, 6.07) is 2.93. The zero-order chi connectivity index (χ0) is 21.4. The van der Waals surface area contributed by atoms with Gasteiger partial charge in [-0.1, -0.05) is 0 Å². The average molecular weight is 391 g/mol. The minimum absolute atomic E-state index is 0.00642. The number of imide groups is 1. The second kappa shape index (κ2) is 7.14. The number of carbonyl (C=O) groups is 3. The molecular formula is C19H25N3O6. The van der Waals surface area contributed by atoms with E-state index in [2.05, 4.69) is 9.97 Å². The van der Waals surface area contributed by atoms with Crippen LogP contribution in [0.2, 0.25) is 0 Å². The van der Waals surface area contributed by atoms with Crippen molar-refractivity contribution in [3.63, 3.8) is 0 Å². The number of aromatic carboxylic acids is 1. The molecule has 9 nitrogen and oxygen atoms in total. The lowest BCUT2D eigenvalue weighted by molar-refractivity contribution is 0.0428. The normalized spacial score (nSPS) is 12.0. The van der Waals surface area contributed by atoms with Crippen molar-refractivity contribution in [2.75, 3.05) is 4.90 Å². The van der Waals surface area contributed by atoms with Gasteiger partial charge in [0.1, 0.15) is 16.9 Å². The van der Waals surface area contributed by atoms with Gasteiger partial charge in [0.15, 0.2) is 5.82 Å². The highest BCUT2D eigenvalue weighted by Crippen LogP contribution is 2.27. The molecule has 2 heterocycles. The van der Waals surface area contributed by atoms with Crippen LogP contribution < -0.4 is 4.90 Å². The van der Waals surface area contributed by atoms with Gasteiger partial charge in [-0.3, -0.25) is 0 Å². The number of aromatic amines is 1. The standard InChI is InChI=1S/C19H25N3O6/c1-10-8-11-12(9-13(20-11)15(23)24)21-14(10)22(16(25)27-18(2,3)4)17(26)28-19(5,6)7/h8-9,20H,1-7H3,(H,23,24). The lowest BCUT2D eigenvalue weighted by Gasteiger charge is -2.28. The topological polar surface area (TPSA) is 122 Å². The Labute approximate surface area is 162 Å². The van der Waals surface area contributed by atoms with E-state index in [-0.39, 0.29) is 17.0 Å². The molecule has 2 amide bonds. The number of nitrogens with one attached hydrogen (secondary N) is 1. The van der Waals surface area contributed by atoms with E-state index in [0.717, 1.165) is 4.90 Å². The Bertz CT molecular complexity index is 906. The van der Waals surface area contributed by atoms with E-state index in [0.29, 0.717) is 11.1 Å². The highest BCUT2D eigenvalue weighted by molar-refractivity contribution is 6.10. The van der Waals surface area contributed by atoms with Crippen LogP contribution in [0.4, 0.5) is 15.4 Å². The number of carboxylic acids is 1. The van der Waals surface area contributed by atoms with E-state index in [1.807, 2.05) is 0 Å². The van der Waals surface area contributed by atoms with Crippen molar-refractivity contribution in [2.24, 2.45) is 0 Å². The number of ether oxygens (including phenoxy) is 2.